The van der Waals surface area contributed by atoms with E-state index in [4.69, 9.17) is 9.90 Å². The quantitative estimate of drug-likeness (QED) is 0.617. The van der Waals surface area contributed by atoms with Gasteiger partial charge in [-0.1, -0.05) is 6.92 Å². The molecule has 0 rings (SSSR count). The maximum absolute atomic E-state index is 10.8. The molecule has 0 saturated carbocycles. The first kappa shape index (κ1) is 14.7. The van der Waals surface area contributed by atoms with Crippen molar-refractivity contribution in [3.63, 3.8) is 0 Å². The number of hydrogen-bond donors (Lipinski definition) is 1. The molecule has 0 aliphatic rings. The predicted molar refractivity (Wildman–Crippen MR) is 63.6 cm³/mol. The lowest BCUT2D eigenvalue weighted by molar-refractivity contribution is -0.117. The molecule has 0 fully saturated rings. The molecule has 0 aromatic rings. The number of nitrogens with one attached hydrogen (secondary N) is 1. The Balaban J connectivity index is 3.84. The molecule has 0 aromatic carbocycles. The Morgan fingerprint density at radius 3 is 2.67 bits per heavy atom. The fraction of sp³-hybridized carbons (Fsp3) is 0.909. The average Bonchev–Trinajstić information content (AvgIpc) is 2.16. The molecular weight excluding hydrogens is 209 g/mol. The highest BCUT2D eigenvalue weighted by atomic mass is 31.1. The summed E-state index contributed by atoms with van der Waals surface area (Å²) in [4.78, 5) is 10.8. The summed E-state index contributed by atoms with van der Waals surface area (Å²) in [6.45, 7) is 6.46. The van der Waals surface area contributed by atoms with E-state index in [1.54, 1.807) is 6.92 Å². The van der Waals surface area contributed by atoms with Crippen molar-refractivity contribution in [3.8, 4) is 0 Å². The van der Waals surface area contributed by atoms with Crippen LogP contribution in [0.2, 0.25) is 0 Å². The summed E-state index contributed by atoms with van der Waals surface area (Å²) >= 11 is 0. The van der Waals surface area contributed by atoms with Gasteiger partial charge in [0.25, 0.3) is 0 Å². The largest absolute Gasteiger partial charge is 0.377 e. The van der Waals surface area contributed by atoms with E-state index in [2.05, 4.69) is 6.92 Å². The molecule has 4 heteroatoms. The van der Waals surface area contributed by atoms with E-state index < -0.39 is 0 Å². The second-order valence-corrected chi connectivity index (χ2v) is 4.59. The number of ether oxygens (including phenoxy) is 1. The molecule has 0 amide bonds. The second kappa shape index (κ2) is 8.99. The number of carbonyl (C=O) groups excluding carboxylic acids is 1. The highest BCUT2D eigenvalue weighted by Crippen LogP contribution is 2.18. The van der Waals surface area contributed by atoms with Crippen LogP contribution in [0.4, 0.5) is 0 Å². The van der Waals surface area contributed by atoms with Crippen LogP contribution in [0.5, 0.6) is 0 Å². The third-order valence-corrected chi connectivity index (χ3v) is 3.02. The van der Waals surface area contributed by atoms with Crippen molar-refractivity contribution in [3.05, 3.63) is 0 Å². The fourth-order valence-electron chi connectivity index (χ4n) is 1.56. The molecule has 0 spiro atoms. The van der Waals surface area contributed by atoms with E-state index in [-0.39, 0.29) is 11.9 Å². The lowest BCUT2D eigenvalue weighted by Gasteiger charge is -2.21. The lowest BCUT2D eigenvalue weighted by Crippen LogP contribution is -2.23. The highest BCUT2D eigenvalue weighted by molar-refractivity contribution is 7.25. The summed E-state index contributed by atoms with van der Waals surface area (Å²) in [5.74, 6) is 0.705. The van der Waals surface area contributed by atoms with Crippen LogP contribution in [0, 0.1) is 11.1 Å². The smallest absolute Gasteiger partial charge is 0.129 e. The molecule has 88 valence electrons. The van der Waals surface area contributed by atoms with Crippen molar-refractivity contribution in [1.82, 2.24) is 0 Å². The Bertz CT molecular complexity index is 197. The Labute approximate surface area is 94.3 Å². The van der Waals surface area contributed by atoms with Gasteiger partial charge in [-0.15, -0.1) is 0 Å². The molecule has 2 unspecified atom stereocenters. The van der Waals surface area contributed by atoms with Crippen LogP contribution in [0.25, 0.3) is 0 Å². The minimum absolute atomic E-state index is 0.182. The van der Waals surface area contributed by atoms with Crippen LogP contribution >= 0.6 is 8.37 Å². The van der Waals surface area contributed by atoms with E-state index >= 15 is 0 Å². The van der Waals surface area contributed by atoms with Crippen LogP contribution < -0.4 is 0 Å². The number of Topliss-reactive ketones (excluding diaryl/α,β-unsaturated/α-hetero) is 1. The van der Waals surface area contributed by atoms with Gasteiger partial charge in [0.1, 0.15) is 5.78 Å². The molecule has 15 heavy (non-hydrogen) atoms. The first-order valence-corrected chi connectivity index (χ1v) is 6.64. The summed E-state index contributed by atoms with van der Waals surface area (Å²) in [6.07, 6.45) is 3.58. The van der Waals surface area contributed by atoms with Gasteiger partial charge in [-0.25, -0.2) is 0 Å². The maximum Gasteiger partial charge on any atom is 0.129 e. The van der Waals surface area contributed by atoms with Gasteiger partial charge in [0.2, 0.25) is 0 Å². The van der Waals surface area contributed by atoms with E-state index in [1.807, 2.05) is 6.92 Å². The van der Waals surface area contributed by atoms with E-state index in [1.165, 1.54) is 0 Å². The Morgan fingerprint density at radius 2 is 2.20 bits per heavy atom. The van der Waals surface area contributed by atoms with Crippen LogP contribution in [0.1, 0.15) is 40.0 Å². The number of rotatable bonds is 9. The van der Waals surface area contributed by atoms with Crippen molar-refractivity contribution < 1.29 is 9.53 Å². The van der Waals surface area contributed by atoms with Crippen molar-refractivity contribution >= 4 is 14.2 Å². The van der Waals surface area contributed by atoms with Crippen molar-refractivity contribution in [2.75, 3.05) is 12.8 Å². The zero-order chi connectivity index (χ0) is 11.7. The summed E-state index contributed by atoms with van der Waals surface area (Å²) in [7, 11) is 0.638. The number of carbonyl (C=O) groups is 1. The van der Waals surface area contributed by atoms with Crippen LogP contribution in [0.15, 0.2) is 0 Å². The third kappa shape index (κ3) is 7.64. The third-order valence-electron chi connectivity index (χ3n) is 2.47. The topological polar surface area (TPSA) is 50.1 Å². The van der Waals surface area contributed by atoms with Crippen LogP contribution in [-0.4, -0.2) is 24.7 Å². The molecule has 0 radical (unpaired) electrons. The van der Waals surface area contributed by atoms with Crippen molar-refractivity contribution in [2.45, 2.75) is 46.1 Å². The van der Waals surface area contributed by atoms with E-state index in [0.717, 1.165) is 19.0 Å². The molecule has 2 atom stereocenters. The Morgan fingerprint density at radius 1 is 1.53 bits per heavy atom. The van der Waals surface area contributed by atoms with E-state index in [9.17, 15) is 4.79 Å². The Hall–Kier alpha value is -0.270. The first-order valence-electron chi connectivity index (χ1n) is 5.56. The van der Waals surface area contributed by atoms with Gasteiger partial charge in [0, 0.05) is 27.6 Å². The minimum atomic E-state index is 0.182. The zero-order valence-corrected chi connectivity index (χ0v) is 10.8. The normalized spacial score (nSPS) is 15.1. The maximum atomic E-state index is 10.8. The monoisotopic (exact) mass is 231 g/mol. The average molecular weight is 231 g/mol. The molecule has 0 aliphatic carbocycles. The SMILES string of the molecule is CCOC(CP=N)C(C)CCCC(C)=O. The number of hydrogen-bond acceptors (Lipinski definition) is 3. The fourth-order valence-corrected chi connectivity index (χ4v) is 2.21. The molecule has 1 N–H and O–H groups in total. The van der Waals surface area contributed by atoms with Crippen LogP contribution in [0.3, 0.4) is 0 Å². The molecule has 0 aliphatic heterocycles. The standard InChI is InChI=1S/C11H22NO2P/c1-4-14-11(8-15-12)9(2)6-5-7-10(3)13/h9,11-12H,4-8H2,1-3H3. The molecule has 0 heterocycles. The van der Waals surface area contributed by atoms with Gasteiger partial charge >= 0.3 is 0 Å². The van der Waals surface area contributed by atoms with Gasteiger partial charge in [0.15, 0.2) is 0 Å². The molecule has 0 saturated heterocycles. The molecule has 0 aromatic heterocycles. The minimum Gasteiger partial charge on any atom is -0.377 e. The second-order valence-electron chi connectivity index (χ2n) is 3.91. The van der Waals surface area contributed by atoms with Gasteiger partial charge in [-0.05, 0) is 32.6 Å². The number of ketones is 1. The van der Waals surface area contributed by atoms with Gasteiger partial charge in [-0.3, -0.25) is 5.16 Å². The summed E-state index contributed by atoms with van der Waals surface area (Å²) in [6, 6.07) is 0. The Kier molecular flexibility index (Phi) is 8.83. The summed E-state index contributed by atoms with van der Waals surface area (Å²) in [5.41, 5.74) is 0. The lowest BCUT2D eigenvalue weighted by atomic mass is 9.98. The van der Waals surface area contributed by atoms with Gasteiger partial charge in [-0.2, -0.15) is 0 Å². The van der Waals surface area contributed by atoms with E-state index in [0.29, 0.717) is 27.3 Å². The molecule has 3 nitrogen and oxygen atoms in total. The molecule has 0 bridgehead atoms. The zero-order valence-electron chi connectivity index (χ0n) is 9.95. The van der Waals surface area contributed by atoms with Gasteiger partial charge < -0.3 is 9.53 Å². The summed E-state index contributed by atoms with van der Waals surface area (Å²) < 4.78 is 5.59. The predicted octanol–water partition coefficient (Wildman–Crippen LogP) is 3.50. The van der Waals surface area contributed by atoms with Gasteiger partial charge in [0.05, 0.1) is 6.10 Å². The summed E-state index contributed by atoms with van der Waals surface area (Å²) in [5, 5.41) is 7.19. The van der Waals surface area contributed by atoms with Crippen molar-refractivity contribution in [1.29, 1.82) is 5.16 Å². The first-order chi connectivity index (χ1) is 7.11. The molecular formula is C11H22NO2P. The van der Waals surface area contributed by atoms with Crippen LogP contribution in [-0.2, 0) is 9.53 Å². The highest BCUT2D eigenvalue weighted by Gasteiger charge is 2.16. The van der Waals surface area contributed by atoms with Crippen molar-refractivity contribution in [2.24, 2.45) is 5.92 Å².